The standard InChI is InChI=1S/C23H23ClO4/c1-16(2)22(28-20-10-8-19(24)9-11-20)23(25)27-15-18-13-21(26-14-18)12-17-6-4-3-5-7-17/h3-11,13-14,16,22H,12,15H2,1-2H3. The predicted octanol–water partition coefficient (Wildman–Crippen LogP) is 5.67. The van der Waals surface area contributed by atoms with Crippen LogP contribution in [0.2, 0.25) is 5.02 Å². The molecule has 0 saturated heterocycles. The van der Waals surface area contributed by atoms with Crippen LogP contribution in [0.15, 0.2) is 71.3 Å². The topological polar surface area (TPSA) is 48.7 Å². The van der Waals surface area contributed by atoms with Crippen molar-refractivity contribution < 1.29 is 18.7 Å². The van der Waals surface area contributed by atoms with Crippen molar-refractivity contribution in [3.63, 3.8) is 0 Å². The minimum absolute atomic E-state index is 0.0406. The molecule has 5 heteroatoms. The van der Waals surface area contributed by atoms with E-state index in [2.05, 4.69) is 0 Å². The summed E-state index contributed by atoms with van der Waals surface area (Å²) in [5, 5.41) is 0.613. The number of halogens is 1. The number of carbonyl (C=O) groups is 1. The zero-order valence-electron chi connectivity index (χ0n) is 15.9. The van der Waals surface area contributed by atoms with E-state index in [4.69, 9.17) is 25.5 Å². The van der Waals surface area contributed by atoms with Gasteiger partial charge in [0.2, 0.25) is 0 Å². The van der Waals surface area contributed by atoms with Crippen LogP contribution < -0.4 is 4.74 Å². The zero-order valence-corrected chi connectivity index (χ0v) is 16.7. The Morgan fingerprint density at radius 1 is 1.04 bits per heavy atom. The number of hydrogen-bond donors (Lipinski definition) is 0. The maximum Gasteiger partial charge on any atom is 0.347 e. The van der Waals surface area contributed by atoms with Gasteiger partial charge in [0.05, 0.1) is 6.26 Å². The van der Waals surface area contributed by atoms with E-state index < -0.39 is 12.1 Å². The number of rotatable bonds is 8. The van der Waals surface area contributed by atoms with Crippen LogP contribution >= 0.6 is 11.6 Å². The van der Waals surface area contributed by atoms with E-state index in [1.54, 1.807) is 30.5 Å². The Kier molecular flexibility index (Phi) is 6.77. The molecule has 4 nitrogen and oxygen atoms in total. The van der Waals surface area contributed by atoms with Gasteiger partial charge < -0.3 is 13.9 Å². The Balaban J connectivity index is 1.56. The first-order valence-electron chi connectivity index (χ1n) is 9.20. The molecule has 3 rings (SSSR count). The smallest absolute Gasteiger partial charge is 0.347 e. The van der Waals surface area contributed by atoms with E-state index >= 15 is 0 Å². The third-order valence-corrected chi connectivity index (χ3v) is 4.48. The van der Waals surface area contributed by atoms with Crippen LogP contribution in [0.3, 0.4) is 0 Å². The van der Waals surface area contributed by atoms with Crippen LogP contribution in [0.25, 0.3) is 0 Å². The van der Waals surface area contributed by atoms with E-state index in [1.165, 1.54) is 0 Å². The summed E-state index contributed by atoms with van der Waals surface area (Å²) in [7, 11) is 0. The maximum atomic E-state index is 12.5. The number of esters is 1. The zero-order chi connectivity index (χ0) is 19.9. The van der Waals surface area contributed by atoms with Gasteiger partial charge in [-0.05, 0) is 35.9 Å². The normalized spacial score (nSPS) is 12.0. The number of furan rings is 1. The molecule has 0 aliphatic carbocycles. The molecule has 0 spiro atoms. The van der Waals surface area contributed by atoms with Crippen LogP contribution in [0.4, 0.5) is 0 Å². The third kappa shape index (κ3) is 5.64. The Hall–Kier alpha value is -2.72. The molecular weight excluding hydrogens is 376 g/mol. The number of ether oxygens (including phenoxy) is 2. The lowest BCUT2D eigenvalue weighted by molar-refractivity contribution is -0.155. The summed E-state index contributed by atoms with van der Waals surface area (Å²) in [6.07, 6.45) is 1.62. The number of carbonyl (C=O) groups excluding carboxylic acids is 1. The van der Waals surface area contributed by atoms with Crippen LogP contribution in [-0.4, -0.2) is 12.1 Å². The van der Waals surface area contributed by atoms with E-state index in [9.17, 15) is 4.79 Å². The summed E-state index contributed by atoms with van der Waals surface area (Å²) in [6.45, 7) is 3.97. The minimum atomic E-state index is -0.697. The summed E-state index contributed by atoms with van der Waals surface area (Å²) >= 11 is 5.89. The Morgan fingerprint density at radius 3 is 2.43 bits per heavy atom. The van der Waals surface area contributed by atoms with Crippen molar-refractivity contribution in [3.05, 3.63) is 88.8 Å². The lowest BCUT2D eigenvalue weighted by Crippen LogP contribution is -2.34. The fourth-order valence-corrected chi connectivity index (χ4v) is 2.87. The molecule has 146 valence electrons. The molecule has 0 saturated carbocycles. The van der Waals surface area contributed by atoms with Crippen LogP contribution in [0, 0.1) is 5.92 Å². The average molecular weight is 399 g/mol. The van der Waals surface area contributed by atoms with Gasteiger partial charge in [-0.25, -0.2) is 4.79 Å². The van der Waals surface area contributed by atoms with Gasteiger partial charge in [-0.3, -0.25) is 0 Å². The number of hydrogen-bond acceptors (Lipinski definition) is 4. The summed E-state index contributed by atoms with van der Waals surface area (Å²) in [5.74, 6) is 0.959. The molecule has 0 aliphatic rings. The quantitative estimate of drug-likeness (QED) is 0.458. The van der Waals surface area contributed by atoms with E-state index in [-0.39, 0.29) is 12.5 Å². The average Bonchev–Trinajstić information content (AvgIpc) is 3.13. The molecule has 2 aromatic carbocycles. The predicted molar refractivity (Wildman–Crippen MR) is 108 cm³/mol. The van der Waals surface area contributed by atoms with Crippen molar-refractivity contribution in [2.45, 2.75) is 33.0 Å². The van der Waals surface area contributed by atoms with Crippen molar-refractivity contribution in [3.8, 4) is 5.75 Å². The molecule has 0 radical (unpaired) electrons. The highest BCUT2D eigenvalue weighted by Crippen LogP contribution is 2.20. The Bertz CT molecular complexity index is 884. The Labute approximate surface area is 170 Å². The second kappa shape index (κ2) is 9.47. The lowest BCUT2D eigenvalue weighted by Gasteiger charge is -2.21. The molecule has 28 heavy (non-hydrogen) atoms. The van der Waals surface area contributed by atoms with E-state index in [0.717, 1.165) is 16.9 Å². The molecule has 1 heterocycles. The largest absolute Gasteiger partial charge is 0.478 e. The minimum Gasteiger partial charge on any atom is -0.478 e. The van der Waals surface area contributed by atoms with Gasteiger partial charge in [0, 0.05) is 22.9 Å². The summed E-state index contributed by atoms with van der Waals surface area (Å²) in [5.41, 5.74) is 1.98. The van der Waals surface area contributed by atoms with Crippen molar-refractivity contribution in [2.75, 3.05) is 0 Å². The first-order chi connectivity index (χ1) is 13.5. The van der Waals surface area contributed by atoms with Gasteiger partial charge in [0.1, 0.15) is 18.1 Å². The van der Waals surface area contributed by atoms with Crippen molar-refractivity contribution in [2.24, 2.45) is 5.92 Å². The summed E-state index contributed by atoms with van der Waals surface area (Å²) < 4.78 is 16.9. The Morgan fingerprint density at radius 2 is 1.75 bits per heavy atom. The van der Waals surface area contributed by atoms with Gasteiger partial charge in [-0.15, -0.1) is 0 Å². The van der Waals surface area contributed by atoms with Crippen molar-refractivity contribution in [1.29, 1.82) is 0 Å². The summed E-state index contributed by atoms with van der Waals surface area (Å²) in [4.78, 5) is 12.5. The molecule has 0 N–H and O–H groups in total. The van der Waals surface area contributed by atoms with E-state index in [1.807, 2.05) is 50.2 Å². The first kappa shape index (κ1) is 20.0. The van der Waals surface area contributed by atoms with Crippen LogP contribution in [0.1, 0.15) is 30.7 Å². The highest BCUT2D eigenvalue weighted by atomic mass is 35.5. The maximum absolute atomic E-state index is 12.5. The summed E-state index contributed by atoms with van der Waals surface area (Å²) in [6, 6.07) is 18.9. The fourth-order valence-electron chi connectivity index (χ4n) is 2.74. The lowest BCUT2D eigenvalue weighted by atomic mass is 10.1. The SMILES string of the molecule is CC(C)C(Oc1ccc(Cl)cc1)C(=O)OCc1coc(Cc2ccccc2)c1. The molecule has 3 aromatic rings. The highest BCUT2D eigenvalue weighted by Gasteiger charge is 2.26. The molecule has 1 atom stereocenters. The molecule has 0 bridgehead atoms. The molecular formula is C23H23ClO4. The van der Waals surface area contributed by atoms with Crippen molar-refractivity contribution >= 4 is 17.6 Å². The van der Waals surface area contributed by atoms with Crippen LogP contribution in [-0.2, 0) is 22.6 Å². The number of benzene rings is 2. The van der Waals surface area contributed by atoms with Crippen LogP contribution in [0.5, 0.6) is 5.75 Å². The second-order valence-corrected chi connectivity index (χ2v) is 7.36. The second-order valence-electron chi connectivity index (χ2n) is 6.93. The van der Waals surface area contributed by atoms with Gasteiger partial charge >= 0.3 is 5.97 Å². The molecule has 1 aromatic heterocycles. The van der Waals surface area contributed by atoms with E-state index in [0.29, 0.717) is 17.2 Å². The monoisotopic (exact) mass is 398 g/mol. The first-order valence-corrected chi connectivity index (χ1v) is 9.58. The third-order valence-electron chi connectivity index (χ3n) is 4.22. The fraction of sp³-hybridized carbons (Fsp3) is 0.261. The molecule has 0 amide bonds. The molecule has 1 unspecified atom stereocenters. The van der Waals surface area contributed by atoms with Gasteiger partial charge in [-0.1, -0.05) is 55.8 Å². The molecule has 0 fully saturated rings. The van der Waals surface area contributed by atoms with Gasteiger partial charge in [-0.2, -0.15) is 0 Å². The van der Waals surface area contributed by atoms with Crippen molar-refractivity contribution in [1.82, 2.24) is 0 Å². The van der Waals surface area contributed by atoms with Gasteiger partial charge in [0.25, 0.3) is 0 Å². The highest BCUT2D eigenvalue weighted by molar-refractivity contribution is 6.30. The van der Waals surface area contributed by atoms with Gasteiger partial charge in [0.15, 0.2) is 6.10 Å². The molecule has 0 aliphatic heterocycles.